The zero-order valence-corrected chi connectivity index (χ0v) is 24.3. The number of aliphatic hydroxyl groups is 2. The molecule has 0 bridgehead atoms. The molecular weight excluding hydrogens is 566 g/mol. The van der Waals surface area contributed by atoms with Crippen LogP contribution < -0.4 is 0 Å². The number of sulfonamides is 1. The van der Waals surface area contributed by atoms with Crippen molar-refractivity contribution < 1.29 is 36.9 Å². The summed E-state index contributed by atoms with van der Waals surface area (Å²) in [5.74, 6) is -1.09. The van der Waals surface area contributed by atoms with Crippen LogP contribution in [0.15, 0.2) is 52.7 Å². The van der Waals surface area contributed by atoms with Gasteiger partial charge in [-0.2, -0.15) is 4.31 Å². The second-order valence-electron chi connectivity index (χ2n) is 10.8. The van der Waals surface area contributed by atoms with Crippen LogP contribution >= 0.6 is 11.6 Å². The number of halogens is 3. The molecule has 0 unspecified atom stereocenters. The van der Waals surface area contributed by atoms with Crippen molar-refractivity contribution in [2.45, 2.75) is 87.2 Å². The first kappa shape index (κ1) is 31.1. The second kappa shape index (κ2) is 12.5. The highest BCUT2D eigenvalue weighted by atomic mass is 35.5. The van der Waals surface area contributed by atoms with Crippen molar-refractivity contribution >= 4 is 27.6 Å². The van der Waals surface area contributed by atoms with Crippen molar-refractivity contribution in [2.24, 2.45) is 5.41 Å². The van der Waals surface area contributed by atoms with Gasteiger partial charge in [0.05, 0.1) is 30.0 Å². The minimum atomic E-state index is -4.24. The number of piperidine rings is 1. The standard InChI is InChI=1S/C28H37ClF2N2O6S/c1-3-20(31)15-18(11-14-30)23-5-4-6-25(33(23)40(37,38)22-9-7-19(29)8-10-22)28(12-13-28)27(36)32-17-21(34)16-24(32)26(35)39-2/h7-11,15,21,23-25,27,34,36H,3-6,12-14,16-17H2,1-2H3/b18-11+,20-15-/t21-,23+,24+,25-,27+/m1/s1. The Morgan fingerprint density at radius 1 is 1.25 bits per heavy atom. The fourth-order valence-corrected chi connectivity index (χ4v) is 8.33. The number of rotatable bonds is 10. The third-order valence-electron chi connectivity index (χ3n) is 8.43. The molecule has 1 aromatic carbocycles. The predicted octanol–water partition coefficient (Wildman–Crippen LogP) is 4.12. The fraction of sp³-hybridized carbons (Fsp3) is 0.607. The van der Waals surface area contributed by atoms with Gasteiger partial charge in [-0.05, 0) is 80.5 Å². The van der Waals surface area contributed by atoms with Gasteiger partial charge in [-0.25, -0.2) is 17.2 Å². The highest BCUT2D eigenvalue weighted by Gasteiger charge is 2.63. The van der Waals surface area contributed by atoms with Gasteiger partial charge in [-0.15, -0.1) is 0 Å². The molecule has 3 aliphatic rings. The van der Waals surface area contributed by atoms with Gasteiger partial charge in [0, 0.05) is 29.4 Å². The molecule has 1 saturated carbocycles. The Labute approximate surface area is 239 Å². The molecule has 12 heteroatoms. The van der Waals surface area contributed by atoms with E-state index in [1.165, 1.54) is 52.7 Å². The van der Waals surface area contributed by atoms with E-state index in [9.17, 15) is 32.2 Å². The van der Waals surface area contributed by atoms with Gasteiger partial charge < -0.3 is 14.9 Å². The van der Waals surface area contributed by atoms with Crippen molar-refractivity contribution in [1.29, 1.82) is 0 Å². The molecule has 0 radical (unpaired) electrons. The summed E-state index contributed by atoms with van der Waals surface area (Å²) in [7, 11) is -3.00. The number of benzene rings is 1. The van der Waals surface area contributed by atoms with Crippen LogP contribution in [0.2, 0.25) is 5.02 Å². The number of allylic oxidation sites excluding steroid dienone is 2. The van der Waals surface area contributed by atoms with E-state index < -0.39 is 64.4 Å². The van der Waals surface area contributed by atoms with E-state index in [0.717, 1.165) is 0 Å². The number of aliphatic hydroxyl groups excluding tert-OH is 2. The first-order valence-corrected chi connectivity index (χ1v) is 15.4. The zero-order chi connectivity index (χ0) is 29.2. The van der Waals surface area contributed by atoms with E-state index in [-0.39, 0.29) is 29.9 Å². The summed E-state index contributed by atoms with van der Waals surface area (Å²) in [6, 6.07) is 3.22. The van der Waals surface area contributed by atoms with E-state index >= 15 is 0 Å². The maximum Gasteiger partial charge on any atom is 0.323 e. The van der Waals surface area contributed by atoms with Crippen LogP contribution in [-0.2, 0) is 19.6 Å². The molecular formula is C28H37ClF2N2O6S. The van der Waals surface area contributed by atoms with Gasteiger partial charge in [0.2, 0.25) is 10.0 Å². The number of carbonyl (C=O) groups excluding carboxylic acids is 1. The van der Waals surface area contributed by atoms with E-state index in [4.69, 9.17) is 16.3 Å². The number of likely N-dealkylation sites (tertiary alicyclic amines) is 1. The summed E-state index contributed by atoms with van der Waals surface area (Å²) >= 11 is 6.02. The maximum absolute atomic E-state index is 14.5. The fourth-order valence-electron chi connectivity index (χ4n) is 6.27. The quantitative estimate of drug-likeness (QED) is 0.306. The van der Waals surface area contributed by atoms with Crippen molar-refractivity contribution in [3.8, 4) is 0 Å². The molecule has 8 nitrogen and oxygen atoms in total. The lowest BCUT2D eigenvalue weighted by molar-refractivity contribution is -0.154. The summed E-state index contributed by atoms with van der Waals surface area (Å²) in [6.45, 7) is 0.738. The Hall–Kier alpha value is -1.89. The van der Waals surface area contributed by atoms with Gasteiger partial charge in [0.25, 0.3) is 0 Å². The number of carbonyl (C=O) groups is 1. The average molecular weight is 603 g/mol. The molecule has 1 aliphatic carbocycles. The smallest absolute Gasteiger partial charge is 0.323 e. The molecule has 40 heavy (non-hydrogen) atoms. The molecule has 0 aromatic heterocycles. The normalized spacial score (nSPS) is 28.9. The average Bonchev–Trinajstić information content (AvgIpc) is 3.66. The van der Waals surface area contributed by atoms with Crippen LogP contribution in [0.3, 0.4) is 0 Å². The first-order chi connectivity index (χ1) is 19.0. The molecule has 2 saturated heterocycles. The van der Waals surface area contributed by atoms with E-state index in [1.54, 1.807) is 6.92 Å². The number of esters is 1. The molecule has 2 aliphatic heterocycles. The summed E-state index contributed by atoms with van der Waals surface area (Å²) in [5, 5.41) is 22.4. The lowest BCUT2D eigenvalue weighted by atomic mass is 9.83. The SMILES string of the molecule is CC/C(F)=C/C(=C\CF)[C@@H]1CCC[C@H](C2([C@H](O)N3C[C@H](O)C[C@H]3C(=O)OC)CC2)N1S(=O)(=O)c1ccc(Cl)cc1. The zero-order valence-electron chi connectivity index (χ0n) is 22.7. The van der Waals surface area contributed by atoms with Gasteiger partial charge in [0.15, 0.2) is 0 Å². The largest absolute Gasteiger partial charge is 0.468 e. The predicted molar refractivity (Wildman–Crippen MR) is 146 cm³/mol. The van der Waals surface area contributed by atoms with Crippen molar-refractivity contribution in [3.05, 3.63) is 52.8 Å². The molecule has 3 fully saturated rings. The third-order valence-corrected chi connectivity index (χ3v) is 10.6. The van der Waals surface area contributed by atoms with Crippen LogP contribution in [0.25, 0.3) is 0 Å². The first-order valence-electron chi connectivity index (χ1n) is 13.6. The number of ether oxygens (including phenoxy) is 1. The Morgan fingerprint density at radius 2 is 1.93 bits per heavy atom. The monoisotopic (exact) mass is 602 g/mol. The van der Waals surface area contributed by atoms with E-state index in [0.29, 0.717) is 37.1 Å². The van der Waals surface area contributed by atoms with Crippen LogP contribution in [0.4, 0.5) is 8.78 Å². The Kier molecular flexibility index (Phi) is 9.74. The number of alkyl halides is 1. The Bertz CT molecular complexity index is 1240. The van der Waals surface area contributed by atoms with E-state index in [2.05, 4.69) is 0 Å². The number of hydrogen-bond acceptors (Lipinski definition) is 7. The number of β-amino-alcohol motifs (C(OH)–C–C–N with tert-alkyl or cyclic N) is 1. The highest BCUT2D eigenvalue weighted by Crippen LogP contribution is 2.58. The van der Waals surface area contributed by atoms with Crippen LogP contribution in [0, 0.1) is 5.41 Å². The van der Waals surface area contributed by atoms with Gasteiger partial charge in [0.1, 0.15) is 18.9 Å². The van der Waals surface area contributed by atoms with Crippen molar-refractivity contribution in [2.75, 3.05) is 20.3 Å². The maximum atomic E-state index is 14.5. The lowest BCUT2D eigenvalue weighted by Crippen LogP contribution is -2.59. The van der Waals surface area contributed by atoms with E-state index in [1.807, 2.05) is 0 Å². The molecule has 1 aromatic rings. The summed E-state index contributed by atoms with van der Waals surface area (Å²) in [4.78, 5) is 14.0. The number of methoxy groups -OCH3 is 1. The van der Waals surface area contributed by atoms with Crippen molar-refractivity contribution in [1.82, 2.24) is 9.21 Å². The molecule has 2 N–H and O–H groups in total. The van der Waals surface area contributed by atoms with Gasteiger partial charge in [-0.3, -0.25) is 9.69 Å². The second-order valence-corrected chi connectivity index (χ2v) is 13.1. The highest BCUT2D eigenvalue weighted by molar-refractivity contribution is 7.89. The summed E-state index contributed by atoms with van der Waals surface area (Å²) in [6.07, 6.45) is 2.70. The van der Waals surface area contributed by atoms with Crippen LogP contribution in [-0.4, -0.2) is 84.6 Å². The minimum Gasteiger partial charge on any atom is -0.468 e. The van der Waals surface area contributed by atoms with Crippen molar-refractivity contribution in [3.63, 3.8) is 0 Å². The summed E-state index contributed by atoms with van der Waals surface area (Å²) < 4.78 is 63.0. The molecule has 5 atom stereocenters. The Morgan fingerprint density at radius 3 is 2.50 bits per heavy atom. The molecule has 222 valence electrons. The number of hydrogen-bond donors (Lipinski definition) is 2. The molecule has 0 amide bonds. The molecule has 4 rings (SSSR count). The molecule has 2 heterocycles. The van der Waals surface area contributed by atoms with Gasteiger partial charge >= 0.3 is 5.97 Å². The number of nitrogens with zero attached hydrogens (tertiary/aromatic N) is 2. The lowest BCUT2D eigenvalue weighted by Gasteiger charge is -2.48. The molecule has 0 spiro atoms. The van der Waals surface area contributed by atoms with Crippen LogP contribution in [0.1, 0.15) is 51.9 Å². The Balaban J connectivity index is 1.81. The summed E-state index contributed by atoms with van der Waals surface area (Å²) in [5.41, 5.74) is -0.735. The third kappa shape index (κ3) is 6.00. The van der Waals surface area contributed by atoms with Gasteiger partial charge in [-0.1, -0.05) is 18.5 Å². The van der Waals surface area contributed by atoms with Crippen LogP contribution in [0.5, 0.6) is 0 Å². The topological polar surface area (TPSA) is 107 Å². The minimum absolute atomic E-state index is 0.0253.